The third kappa shape index (κ3) is 5.89. The molecule has 0 aliphatic heterocycles. The van der Waals surface area contributed by atoms with Crippen molar-refractivity contribution in [2.45, 2.75) is 26.2 Å². The van der Waals surface area contributed by atoms with Crippen molar-refractivity contribution in [3.8, 4) is 0 Å². The second-order valence-corrected chi connectivity index (χ2v) is 4.23. The summed E-state index contributed by atoms with van der Waals surface area (Å²) in [5.41, 5.74) is 7.13. The summed E-state index contributed by atoms with van der Waals surface area (Å²) in [4.78, 5) is 11.5. The van der Waals surface area contributed by atoms with Gasteiger partial charge < -0.3 is 16.4 Å². The summed E-state index contributed by atoms with van der Waals surface area (Å²) < 4.78 is 0. The number of aryl methyl sites for hydroxylation is 1. The van der Waals surface area contributed by atoms with Crippen LogP contribution in [0.25, 0.3) is 0 Å². The van der Waals surface area contributed by atoms with E-state index in [9.17, 15) is 4.79 Å². The summed E-state index contributed by atoms with van der Waals surface area (Å²) in [7, 11) is 0. The Bertz CT molecular complexity index is 417. The molecule has 0 fully saturated rings. The molecular weight excluding hydrogens is 228 g/mol. The lowest BCUT2D eigenvalue weighted by molar-refractivity contribution is 0.252. The molecule has 0 aliphatic carbocycles. The van der Waals surface area contributed by atoms with Crippen LogP contribution in [0.4, 0.5) is 10.5 Å². The van der Waals surface area contributed by atoms with Crippen LogP contribution in [-0.2, 0) is 0 Å². The van der Waals surface area contributed by atoms with E-state index in [1.54, 1.807) is 0 Å². The number of anilines is 1. The predicted molar refractivity (Wildman–Crippen MR) is 74.0 cm³/mol. The number of nitrogens with two attached hydrogens (primary N) is 1. The number of benzene rings is 1. The SMILES string of the molecule is Cc1cccc(NC(=O)NCCCCC(=N)N)c1. The van der Waals surface area contributed by atoms with E-state index in [-0.39, 0.29) is 11.9 Å². The van der Waals surface area contributed by atoms with Crippen LogP contribution in [0.3, 0.4) is 0 Å². The molecule has 5 heteroatoms. The van der Waals surface area contributed by atoms with Gasteiger partial charge >= 0.3 is 6.03 Å². The zero-order valence-corrected chi connectivity index (χ0v) is 10.6. The number of amides is 2. The quantitative estimate of drug-likeness (QED) is 0.353. The van der Waals surface area contributed by atoms with E-state index in [1.165, 1.54) is 0 Å². The first-order chi connectivity index (χ1) is 8.58. The van der Waals surface area contributed by atoms with Gasteiger partial charge in [-0.25, -0.2) is 4.79 Å². The summed E-state index contributed by atoms with van der Waals surface area (Å²) in [6.45, 7) is 2.57. The van der Waals surface area contributed by atoms with E-state index in [0.717, 1.165) is 24.1 Å². The Hall–Kier alpha value is -2.04. The highest BCUT2D eigenvalue weighted by molar-refractivity contribution is 5.89. The van der Waals surface area contributed by atoms with E-state index >= 15 is 0 Å². The number of rotatable bonds is 6. The molecule has 5 nitrogen and oxygen atoms in total. The highest BCUT2D eigenvalue weighted by Gasteiger charge is 2.00. The highest BCUT2D eigenvalue weighted by Crippen LogP contribution is 2.08. The summed E-state index contributed by atoms with van der Waals surface area (Å²) in [5.74, 6) is 0.194. The first-order valence-electron chi connectivity index (χ1n) is 6.02. The minimum Gasteiger partial charge on any atom is -0.388 e. The summed E-state index contributed by atoms with van der Waals surface area (Å²) in [5, 5.41) is 12.6. The number of carbonyl (C=O) groups excluding carboxylic acids is 1. The minimum atomic E-state index is -0.205. The fraction of sp³-hybridized carbons (Fsp3) is 0.385. The fourth-order valence-electron chi connectivity index (χ4n) is 1.54. The van der Waals surface area contributed by atoms with Gasteiger partial charge in [-0.2, -0.15) is 0 Å². The number of carbonyl (C=O) groups is 1. The van der Waals surface area contributed by atoms with Gasteiger partial charge in [-0.1, -0.05) is 12.1 Å². The first kappa shape index (κ1) is 14.0. The lowest BCUT2D eigenvalue weighted by Gasteiger charge is -2.07. The number of hydrogen-bond donors (Lipinski definition) is 4. The van der Waals surface area contributed by atoms with E-state index in [4.69, 9.17) is 11.1 Å². The zero-order valence-electron chi connectivity index (χ0n) is 10.6. The Balaban J connectivity index is 2.20. The largest absolute Gasteiger partial charge is 0.388 e. The van der Waals surface area contributed by atoms with Crippen molar-refractivity contribution < 1.29 is 4.79 Å². The van der Waals surface area contributed by atoms with Gasteiger partial charge in [0.1, 0.15) is 0 Å². The van der Waals surface area contributed by atoms with E-state index < -0.39 is 0 Å². The Morgan fingerprint density at radius 3 is 2.83 bits per heavy atom. The van der Waals surface area contributed by atoms with Crippen molar-refractivity contribution in [1.82, 2.24) is 5.32 Å². The molecule has 0 saturated heterocycles. The van der Waals surface area contributed by atoms with Gasteiger partial charge in [-0.15, -0.1) is 0 Å². The van der Waals surface area contributed by atoms with Crippen molar-refractivity contribution in [1.29, 1.82) is 5.41 Å². The van der Waals surface area contributed by atoms with Crippen molar-refractivity contribution >= 4 is 17.6 Å². The second-order valence-electron chi connectivity index (χ2n) is 4.23. The molecule has 0 bridgehead atoms. The lowest BCUT2D eigenvalue weighted by Crippen LogP contribution is -2.29. The van der Waals surface area contributed by atoms with Gasteiger partial charge in [0.2, 0.25) is 0 Å². The van der Waals surface area contributed by atoms with Crippen molar-refractivity contribution in [2.24, 2.45) is 5.73 Å². The predicted octanol–water partition coefficient (Wildman–Crippen LogP) is 2.22. The van der Waals surface area contributed by atoms with Crippen LogP contribution in [0, 0.1) is 12.3 Å². The van der Waals surface area contributed by atoms with Gasteiger partial charge in [0.05, 0.1) is 5.84 Å². The molecule has 0 atom stereocenters. The van der Waals surface area contributed by atoms with Crippen LogP contribution in [0.2, 0.25) is 0 Å². The molecule has 18 heavy (non-hydrogen) atoms. The normalized spacial score (nSPS) is 9.83. The minimum absolute atomic E-state index is 0.194. The molecule has 0 aliphatic rings. The Labute approximate surface area is 107 Å². The van der Waals surface area contributed by atoms with Crippen LogP contribution >= 0.6 is 0 Å². The Morgan fingerprint density at radius 2 is 2.17 bits per heavy atom. The number of urea groups is 1. The van der Waals surface area contributed by atoms with Gasteiger partial charge in [0, 0.05) is 18.7 Å². The maximum atomic E-state index is 11.5. The maximum absolute atomic E-state index is 11.5. The van der Waals surface area contributed by atoms with Gasteiger partial charge in [0.15, 0.2) is 0 Å². The monoisotopic (exact) mass is 248 g/mol. The summed E-state index contributed by atoms with van der Waals surface area (Å²) in [6.07, 6.45) is 2.22. The standard InChI is InChI=1S/C13H20N4O/c1-10-5-4-6-11(9-10)17-13(18)16-8-3-2-7-12(14)15/h4-6,9H,2-3,7-8H2,1H3,(H3,14,15)(H2,16,17,18). The van der Waals surface area contributed by atoms with Gasteiger partial charge in [-0.3, -0.25) is 5.41 Å². The number of nitrogens with one attached hydrogen (secondary N) is 3. The number of unbranched alkanes of at least 4 members (excludes halogenated alkanes) is 1. The second kappa shape index (κ2) is 7.32. The smallest absolute Gasteiger partial charge is 0.319 e. The van der Waals surface area contributed by atoms with Crippen molar-refractivity contribution in [2.75, 3.05) is 11.9 Å². The van der Waals surface area contributed by atoms with Gasteiger partial charge in [0.25, 0.3) is 0 Å². The fourth-order valence-corrected chi connectivity index (χ4v) is 1.54. The maximum Gasteiger partial charge on any atom is 0.319 e. The Morgan fingerprint density at radius 1 is 1.39 bits per heavy atom. The van der Waals surface area contributed by atoms with E-state index in [1.807, 2.05) is 31.2 Å². The van der Waals surface area contributed by atoms with Crippen molar-refractivity contribution in [3.05, 3.63) is 29.8 Å². The molecule has 0 unspecified atom stereocenters. The molecule has 0 heterocycles. The molecule has 1 rings (SSSR count). The topological polar surface area (TPSA) is 91.0 Å². The van der Waals surface area contributed by atoms with Crippen LogP contribution < -0.4 is 16.4 Å². The molecule has 0 saturated carbocycles. The van der Waals surface area contributed by atoms with Gasteiger partial charge in [-0.05, 0) is 37.5 Å². The first-order valence-corrected chi connectivity index (χ1v) is 6.02. The van der Waals surface area contributed by atoms with Crippen LogP contribution in [-0.4, -0.2) is 18.4 Å². The number of hydrogen-bond acceptors (Lipinski definition) is 2. The third-order valence-electron chi connectivity index (χ3n) is 2.43. The summed E-state index contributed by atoms with van der Waals surface area (Å²) >= 11 is 0. The molecule has 1 aromatic rings. The average molecular weight is 248 g/mol. The molecule has 0 spiro atoms. The molecular formula is C13H20N4O. The average Bonchev–Trinajstić information content (AvgIpc) is 2.28. The molecule has 5 N–H and O–H groups in total. The van der Waals surface area contributed by atoms with Crippen LogP contribution in [0.15, 0.2) is 24.3 Å². The molecule has 2 amide bonds. The molecule has 0 aromatic heterocycles. The molecule has 98 valence electrons. The Kier molecular flexibility index (Phi) is 5.70. The molecule has 0 radical (unpaired) electrons. The third-order valence-corrected chi connectivity index (χ3v) is 2.43. The molecule has 1 aromatic carbocycles. The van der Waals surface area contributed by atoms with E-state index in [0.29, 0.717) is 13.0 Å². The summed E-state index contributed by atoms with van der Waals surface area (Å²) in [6, 6.07) is 7.43. The van der Waals surface area contributed by atoms with Crippen LogP contribution in [0.1, 0.15) is 24.8 Å². The lowest BCUT2D eigenvalue weighted by atomic mass is 10.2. The number of amidine groups is 1. The zero-order chi connectivity index (χ0) is 13.4. The van der Waals surface area contributed by atoms with Crippen molar-refractivity contribution in [3.63, 3.8) is 0 Å². The van der Waals surface area contributed by atoms with E-state index in [2.05, 4.69) is 10.6 Å². The highest BCUT2D eigenvalue weighted by atomic mass is 16.2. The van der Waals surface area contributed by atoms with Crippen LogP contribution in [0.5, 0.6) is 0 Å².